The van der Waals surface area contributed by atoms with Crippen molar-refractivity contribution in [2.45, 2.75) is 19.3 Å². The minimum absolute atomic E-state index is 0.0156. The van der Waals surface area contributed by atoms with Crippen LogP contribution in [0.1, 0.15) is 40.0 Å². The van der Waals surface area contributed by atoms with Gasteiger partial charge in [0.05, 0.1) is 30.6 Å². The first-order valence-corrected chi connectivity index (χ1v) is 9.03. The van der Waals surface area contributed by atoms with Crippen molar-refractivity contribution in [1.29, 1.82) is 0 Å². The molecular formula is C19H16BrNO6. The van der Waals surface area contributed by atoms with E-state index in [1.54, 1.807) is 30.4 Å². The van der Waals surface area contributed by atoms with Gasteiger partial charge < -0.3 is 9.47 Å². The average molecular weight is 434 g/mol. The molecule has 0 fully saturated rings. The van der Waals surface area contributed by atoms with Crippen molar-refractivity contribution in [3.63, 3.8) is 0 Å². The highest BCUT2D eigenvalue weighted by molar-refractivity contribution is 9.19. The maximum absolute atomic E-state index is 12.6. The predicted molar refractivity (Wildman–Crippen MR) is 98.4 cm³/mol. The summed E-state index contributed by atoms with van der Waals surface area (Å²) in [5.41, 5.74) is 1.26. The highest BCUT2D eigenvalue weighted by Crippen LogP contribution is 2.32. The van der Waals surface area contributed by atoms with E-state index in [1.807, 2.05) is 0 Å². The van der Waals surface area contributed by atoms with Gasteiger partial charge in [0.15, 0.2) is 0 Å². The van der Waals surface area contributed by atoms with Crippen LogP contribution in [0.15, 0.2) is 41.8 Å². The summed E-state index contributed by atoms with van der Waals surface area (Å²) in [7, 11) is 1.50. The fourth-order valence-electron chi connectivity index (χ4n) is 2.89. The van der Waals surface area contributed by atoms with Crippen LogP contribution in [-0.2, 0) is 14.3 Å². The first-order valence-electron chi connectivity index (χ1n) is 8.24. The normalized spacial score (nSPS) is 15.9. The Balaban J connectivity index is 1.69. The second-order valence-electron chi connectivity index (χ2n) is 5.94. The smallest absolute Gasteiger partial charge is 0.266 e. The standard InChI is InChI=1S/C19H16BrNO6/c1-26-13-6-7-14-15(10-13)19(25)21(18(14)24)11-2-4-12(5-3-11)27-9-8-16(22)17(20)23/h2,4,6-7,10H,3,5,8-9H2,1H3. The molecule has 1 aromatic rings. The number of rotatable bonds is 7. The van der Waals surface area contributed by atoms with Crippen molar-refractivity contribution in [1.82, 2.24) is 4.90 Å². The molecular weight excluding hydrogens is 418 g/mol. The molecule has 1 heterocycles. The fraction of sp³-hybridized carbons (Fsp3) is 0.263. The summed E-state index contributed by atoms with van der Waals surface area (Å²) >= 11 is 2.60. The zero-order chi connectivity index (χ0) is 19.6. The molecule has 0 aromatic heterocycles. The Kier molecular flexibility index (Phi) is 5.55. The van der Waals surface area contributed by atoms with Crippen molar-refractivity contribution >= 4 is 38.2 Å². The lowest BCUT2D eigenvalue weighted by molar-refractivity contribution is -0.131. The number of hydrogen-bond acceptors (Lipinski definition) is 6. The van der Waals surface area contributed by atoms with Gasteiger partial charge in [0.1, 0.15) is 5.75 Å². The van der Waals surface area contributed by atoms with Gasteiger partial charge in [0, 0.05) is 34.5 Å². The SMILES string of the molecule is COc1ccc2c(c1)C(=O)N(C1=CC=C(OCCC(=O)C(=O)Br)CC1)C2=O. The summed E-state index contributed by atoms with van der Waals surface area (Å²) in [5.74, 6) is -0.139. The van der Waals surface area contributed by atoms with Gasteiger partial charge >= 0.3 is 0 Å². The van der Waals surface area contributed by atoms with Crippen LogP contribution in [0.5, 0.6) is 5.75 Å². The Bertz CT molecular complexity index is 901. The Labute approximate surface area is 163 Å². The van der Waals surface area contributed by atoms with E-state index in [9.17, 15) is 19.2 Å². The highest BCUT2D eigenvalue weighted by atomic mass is 79.9. The molecule has 1 aromatic carbocycles. The minimum atomic E-state index is -0.673. The van der Waals surface area contributed by atoms with Crippen molar-refractivity contribution in [2.24, 2.45) is 0 Å². The molecule has 0 bridgehead atoms. The zero-order valence-electron chi connectivity index (χ0n) is 14.5. The average Bonchev–Trinajstić information content (AvgIpc) is 2.92. The number of benzene rings is 1. The first-order chi connectivity index (χ1) is 12.9. The van der Waals surface area contributed by atoms with Gasteiger partial charge in [0.2, 0.25) is 5.78 Å². The van der Waals surface area contributed by atoms with E-state index in [0.717, 1.165) is 0 Å². The van der Waals surface area contributed by atoms with Crippen LogP contribution < -0.4 is 4.74 Å². The van der Waals surface area contributed by atoms with E-state index < -0.39 is 10.5 Å². The van der Waals surface area contributed by atoms with Crippen molar-refractivity contribution < 1.29 is 28.7 Å². The van der Waals surface area contributed by atoms with Gasteiger partial charge in [-0.2, -0.15) is 0 Å². The van der Waals surface area contributed by atoms with Crippen LogP contribution in [0.3, 0.4) is 0 Å². The number of halogens is 1. The molecule has 0 N–H and O–H groups in total. The van der Waals surface area contributed by atoms with Crippen molar-refractivity contribution in [3.8, 4) is 5.75 Å². The van der Waals surface area contributed by atoms with Crippen molar-refractivity contribution in [2.75, 3.05) is 13.7 Å². The molecule has 0 spiro atoms. The largest absolute Gasteiger partial charge is 0.497 e. The molecule has 1 aliphatic carbocycles. The number of Topliss-reactive ketones (excluding diaryl/α,β-unsaturated/α-hetero) is 1. The lowest BCUT2D eigenvalue weighted by atomic mass is 10.1. The fourth-order valence-corrected chi connectivity index (χ4v) is 3.09. The predicted octanol–water partition coefficient (Wildman–Crippen LogP) is 2.75. The van der Waals surface area contributed by atoms with Gasteiger partial charge in [-0.25, -0.2) is 4.90 Å². The lowest BCUT2D eigenvalue weighted by Crippen LogP contribution is -2.29. The molecule has 1 aliphatic heterocycles. The third-order valence-corrected chi connectivity index (χ3v) is 4.75. The summed E-state index contributed by atoms with van der Waals surface area (Å²) < 4.78 is 9.92. The maximum Gasteiger partial charge on any atom is 0.266 e. The van der Waals surface area contributed by atoms with Gasteiger partial charge in [-0.15, -0.1) is 0 Å². The zero-order valence-corrected chi connectivity index (χ0v) is 16.1. The van der Waals surface area contributed by atoms with E-state index in [2.05, 4.69) is 15.9 Å². The Morgan fingerprint density at radius 3 is 2.48 bits per heavy atom. The molecule has 140 valence electrons. The van der Waals surface area contributed by atoms with E-state index in [-0.39, 0.29) is 24.8 Å². The molecule has 3 rings (SSSR count). The quantitative estimate of drug-likeness (QED) is 0.373. The van der Waals surface area contributed by atoms with E-state index in [4.69, 9.17) is 9.47 Å². The van der Waals surface area contributed by atoms with Gasteiger partial charge in [-0.3, -0.25) is 19.2 Å². The second-order valence-corrected chi connectivity index (χ2v) is 6.66. The number of carbonyl (C=O) groups is 4. The molecule has 0 radical (unpaired) electrons. The number of allylic oxidation sites excluding steroid dienone is 4. The molecule has 8 heteroatoms. The third-order valence-electron chi connectivity index (χ3n) is 4.31. The number of fused-ring (bicyclic) bond motifs is 1. The van der Waals surface area contributed by atoms with Gasteiger partial charge in [-0.05, 0) is 36.8 Å². The summed E-state index contributed by atoms with van der Waals surface area (Å²) in [4.78, 5) is 48.5. The van der Waals surface area contributed by atoms with Crippen LogP contribution in [0, 0.1) is 0 Å². The van der Waals surface area contributed by atoms with Crippen LogP contribution >= 0.6 is 15.9 Å². The molecule has 0 saturated carbocycles. The highest BCUT2D eigenvalue weighted by Gasteiger charge is 2.38. The molecule has 7 nitrogen and oxygen atoms in total. The van der Waals surface area contributed by atoms with E-state index in [1.165, 1.54) is 12.0 Å². The molecule has 0 saturated heterocycles. The van der Waals surface area contributed by atoms with Crippen LogP contribution in [0.25, 0.3) is 0 Å². The van der Waals surface area contributed by atoms with Crippen LogP contribution in [0.2, 0.25) is 0 Å². The number of ketones is 1. The van der Waals surface area contributed by atoms with E-state index in [0.29, 0.717) is 41.2 Å². The number of methoxy groups -OCH3 is 1. The first kappa shape index (κ1) is 19.0. The molecule has 2 aliphatic rings. The molecule has 0 atom stereocenters. The maximum atomic E-state index is 12.6. The summed E-state index contributed by atoms with van der Waals surface area (Å²) in [6.07, 6.45) is 4.25. The lowest BCUT2D eigenvalue weighted by Gasteiger charge is -2.21. The number of amides is 2. The monoisotopic (exact) mass is 433 g/mol. The number of hydrogen-bond donors (Lipinski definition) is 0. The van der Waals surface area contributed by atoms with E-state index >= 15 is 0 Å². The second kappa shape index (κ2) is 7.87. The van der Waals surface area contributed by atoms with Gasteiger partial charge in [-0.1, -0.05) is 0 Å². The van der Waals surface area contributed by atoms with Crippen molar-refractivity contribution in [3.05, 3.63) is 52.9 Å². The number of nitrogens with zero attached hydrogens (tertiary/aromatic N) is 1. The molecule has 27 heavy (non-hydrogen) atoms. The summed E-state index contributed by atoms with van der Waals surface area (Å²) in [6, 6.07) is 4.80. The van der Waals surface area contributed by atoms with Gasteiger partial charge in [0.25, 0.3) is 16.5 Å². The summed E-state index contributed by atoms with van der Waals surface area (Å²) in [5, 5.41) is 0. The topological polar surface area (TPSA) is 90.0 Å². The number of carbonyl (C=O) groups excluding carboxylic acids is 4. The Hall–Kier alpha value is -2.74. The van der Waals surface area contributed by atoms with Crippen LogP contribution in [0.4, 0.5) is 0 Å². The minimum Gasteiger partial charge on any atom is -0.497 e. The number of ether oxygens (including phenoxy) is 2. The Morgan fingerprint density at radius 2 is 1.85 bits per heavy atom. The molecule has 0 unspecified atom stereocenters. The van der Waals surface area contributed by atoms with Crippen LogP contribution in [-0.4, -0.2) is 40.9 Å². The number of imide groups is 1. The third kappa shape index (κ3) is 3.85. The summed E-state index contributed by atoms with van der Waals surface area (Å²) in [6.45, 7) is 0.0952. The Morgan fingerprint density at radius 1 is 1.11 bits per heavy atom. The molecule has 2 amide bonds.